The Morgan fingerprint density at radius 1 is 1.56 bits per heavy atom. The monoisotopic (exact) mass is 272 g/mol. The summed E-state index contributed by atoms with van der Waals surface area (Å²) in [5, 5.41) is 14.6. The van der Waals surface area contributed by atoms with E-state index in [9.17, 15) is 9.90 Å². The molecule has 0 spiro atoms. The molecule has 1 unspecified atom stereocenters. The lowest BCUT2D eigenvalue weighted by Crippen LogP contribution is -2.31. The number of hydrogen-bond donors (Lipinski definition) is 3. The Morgan fingerprint density at radius 3 is 3.00 bits per heavy atom. The molecule has 2 rings (SSSR count). The average Bonchev–Trinajstić information content (AvgIpc) is 2.98. The molecular formula is C12H20N2O3S. The van der Waals surface area contributed by atoms with Gasteiger partial charge in [-0.25, -0.2) is 0 Å². The van der Waals surface area contributed by atoms with Crippen molar-refractivity contribution in [2.45, 2.75) is 44.4 Å². The van der Waals surface area contributed by atoms with E-state index < -0.39 is 6.10 Å². The molecule has 0 aliphatic heterocycles. The maximum absolute atomic E-state index is 10.9. The zero-order valence-electron chi connectivity index (χ0n) is 10.4. The van der Waals surface area contributed by atoms with Gasteiger partial charge in [-0.15, -0.1) is 0 Å². The number of nitrogens with one attached hydrogen (secondary N) is 2. The first kappa shape index (κ1) is 13.7. The number of aliphatic hydroxyl groups is 1. The summed E-state index contributed by atoms with van der Waals surface area (Å²) in [6.07, 6.45) is 4.57. The highest BCUT2D eigenvalue weighted by Crippen LogP contribution is 2.20. The average molecular weight is 272 g/mol. The molecule has 1 fully saturated rings. The molecule has 1 aromatic rings. The fourth-order valence-electron chi connectivity index (χ4n) is 2.14. The van der Waals surface area contributed by atoms with Gasteiger partial charge in [0.15, 0.2) is 0 Å². The predicted molar refractivity (Wildman–Crippen MR) is 70.9 cm³/mol. The zero-order chi connectivity index (χ0) is 12.8. The van der Waals surface area contributed by atoms with Crippen molar-refractivity contribution in [3.63, 3.8) is 0 Å². The quantitative estimate of drug-likeness (QED) is 0.688. The molecule has 6 heteroatoms. The fourth-order valence-corrected chi connectivity index (χ4v) is 2.72. The van der Waals surface area contributed by atoms with E-state index in [0.29, 0.717) is 25.8 Å². The van der Waals surface area contributed by atoms with Crippen LogP contribution in [-0.2, 0) is 11.3 Å². The number of ether oxygens (including phenoxy) is 1. The van der Waals surface area contributed by atoms with Gasteiger partial charge < -0.3 is 20.1 Å². The van der Waals surface area contributed by atoms with Crippen molar-refractivity contribution in [1.82, 2.24) is 10.3 Å². The molecule has 0 radical (unpaired) electrons. The Balaban J connectivity index is 1.56. The third-order valence-electron chi connectivity index (χ3n) is 3.09. The summed E-state index contributed by atoms with van der Waals surface area (Å²) in [5.74, 6) is 0. The summed E-state index contributed by atoms with van der Waals surface area (Å²) in [6.45, 7) is 1.43. The zero-order valence-corrected chi connectivity index (χ0v) is 11.2. The second kappa shape index (κ2) is 7.04. The molecule has 1 aromatic heterocycles. The smallest absolute Gasteiger partial charge is 0.304 e. The van der Waals surface area contributed by atoms with E-state index in [1.807, 2.05) is 0 Å². The molecule has 102 valence electrons. The van der Waals surface area contributed by atoms with Crippen molar-refractivity contribution in [3.8, 4) is 0 Å². The predicted octanol–water partition coefficient (Wildman–Crippen LogP) is 0.846. The number of rotatable bonds is 7. The van der Waals surface area contributed by atoms with E-state index in [1.165, 1.54) is 12.8 Å². The second-order valence-electron chi connectivity index (χ2n) is 4.70. The van der Waals surface area contributed by atoms with Gasteiger partial charge in [-0.2, -0.15) is 0 Å². The van der Waals surface area contributed by atoms with Gasteiger partial charge in [0, 0.05) is 24.2 Å². The molecule has 0 amide bonds. The molecular weight excluding hydrogens is 252 g/mol. The van der Waals surface area contributed by atoms with Gasteiger partial charge in [0.1, 0.15) is 0 Å². The summed E-state index contributed by atoms with van der Waals surface area (Å²) in [5.41, 5.74) is 0.855. The van der Waals surface area contributed by atoms with E-state index >= 15 is 0 Å². The lowest BCUT2D eigenvalue weighted by Gasteiger charge is -2.15. The van der Waals surface area contributed by atoms with E-state index in [2.05, 4.69) is 10.3 Å². The maximum Gasteiger partial charge on any atom is 0.304 e. The Morgan fingerprint density at radius 2 is 2.33 bits per heavy atom. The molecule has 1 atom stereocenters. The molecule has 1 aliphatic rings. The first-order valence-corrected chi connectivity index (χ1v) is 7.29. The summed E-state index contributed by atoms with van der Waals surface area (Å²) in [6, 6.07) is 0. The standard InChI is InChI=1S/C12H20N2O3S/c15-10(7-17-11-3-1-2-4-11)6-13-5-9-8-18-12(16)14-9/h8,10-11,13,15H,1-7H2,(H,14,16). The highest BCUT2D eigenvalue weighted by Gasteiger charge is 2.16. The first-order chi connectivity index (χ1) is 8.74. The van der Waals surface area contributed by atoms with Gasteiger partial charge in [0.05, 0.1) is 18.8 Å². The molecule has 0 saturated heterocycles. The van der Waals surface area contributed by atoms with Crippen molar-refractivity contribution >= 4 is 11.3 Å². The normalized spacial score (nSPS) is 18.3. The summed E-state index contributed by atoms with van der Waals surface area (Å²) in [4.78, 5) is 13.6. The van der Waals surface area contributed by atoms with Crippen LogP contribution in [0.2, 0.25) is 0 Å². The van der Waals surface area contributed by atoms with Crippen LogP contribution in [-0.4, -0.2) is 35.5 Å². The van der Waals surface area contributed by atoms with Crippen LogP contribution in [0.4, 0.5) is 0 Å². The third-order valence-corrected chi connectivity index (χ3v) is 3.81. The minimum absolute atomic E-state index is 0.0445. The van der Waals surface area contributed by atoms with E-state index in [0.717, 1.165) is 29.9 Å². The molecule has 1 aliphatic carbocycles. The van der Waals surface area contributed by atoms with Crippen molar-refractivity contribution in [2.24, 2.45) is 0 Å². The van der Waals surface area contributed by atoms with Crippen LogP contribution in [0.3, 0.4) is 0 Å². The van der Waals surface area contributed by atoms with Gasteiger partial charge in [-0.3, -0.25) is 4.79 Å². The maximum atomic E-state index is 10.9. The van der Waals surface area contributed by atoms with Crippen LogP contribution in [0.25, 0.3) is 0 Å². The molecule has 18 heavy (non-hydrogen) atoms. The molecule has 0 bridgehead atoms. The van der Waals surface area contributed by atoms with Crippen molar-refractivity contribution in [3.05, 3.63) is 20.7 Å². The molecule has 5 nitrogen and oxygen atoms in total. The molecule has 0 aromatic carbocycles. The van der Waals surface area contributed by atoms with Gasteiger partial charge in [-0.05, 0) is 12.8 Å². The number of H-pyrrole nitrogens is 1. The number of aromatic amines is 1. The van der Waals surface area contributed by atoms with Crippen LogP contribution >= 0.6 is 11.3 Å². The van der Waals surface area contributed by atoms with Gasteiger partial charge in [0.25, 0.3) is 0 Å². The lowest BCUT2D eigenvalue weighted by atomic mass is 10.3. The number of hydrogen-bond acceptors (Lipinski definition) is 5. The van der Waals surface area contributed by atoms with Crippen LogP contribution in [0.15, 0.2) is 10.2 Å². The Bertz CT molecular complexity index is 398. The Labute approximate surface area is 110 Å². The van der Waals surface area contributed by atoms with Crippen LogP contribution in [0.5, 0.6) is 0 Å². The van der Waals surface area contributed by atoms with E-state index in [1.54, 1.807) is 5.38 Å². The van der Waals surface area contributed by atoms with Gasteiger partial charge in [-0.1, -0.05) is 24.2 Å². The van der Waals surface area contributed by atoms with Crippen LogP contribution < -0.4 is 10.2 Å². The Kier molecular flexibility index (Phi) is 5.37. The minimum atomic E-state index is -0.490. The van der Waals surface area contributed by atoms with Crippen molar-refractivity contribution < 1.29 is 9.84 Å². The molecule has 1 saturated carbocycles. The SMILES string of the molecule is O=c1[nH]c(CNCC(O)COC2CCCC2)cs1. The van der Waals surface area contributed by atoms with Gasteiger partial charge in [0.2, 0.25) is 0 Å². The second-order valence-corrected chi connectivity index (χ2v) is 5.54. The number of thiazole rings is 1. The van der Waals surface area contributed by atoms with Gasteiger partial charge >= 0.3 is 4.87 Å². The minimum Gasteiger partial charge on any atom is -0.389 e. The third kappa shape index (κ3) is 4.53. The highest BCUT2D eigenvalue weighted by atomic mass is 32.1. The summed E-state index contributed by atoms with van der Waals surface area (Å²) < 4.78 is 5.63. The van der Waals surface area contributed by atoms with Crippen molar-refractivity contribution in [1.29, 1.82) is 0 Å². The topological polar surface area (TPSA) is 74.4 Å². The molecule has 1 heterocycles. The first-order valence-electron chi connectivity index (χ1n) is 6.41. The number of aromatic nitrogens is 1. The highest BCUT2D eigenvalue weighted by molar-refractivity contribution is 7.07. The van der Waals surface area contributed by atoms with Crippen LogP contribution in [0, 0.1) is 0 Å². The largest absolute Gasteiger partial charge is 0.389 e. The fraction of sp³-hybridized carbons (Fsp3) is 0.750. The number of aliphatic hydroxyl groups excluding tert-OH is 1. The van der Waals surface area contributed by atoms with E-state index in [4.69, 9.17) is 4.74 Å². The summed E-state index contributed by atoms with van der Waals surface area (Å²) in [7, 11) is 0. The lowest BCUT2D eigenvalue weighted by molar-refractivity contribution is -0.00551. The van der Waals surface area contributed by atoms with Crippen molar-refractivity contribution in [2.75, 3.05) is 13.2 Å². The summed E-state index contributed by atoms with van der Waals surface area (Å²) >= 11 is 1.15. The molecule has 3 N–H and O–H groups in total. The Hall–Kier alpha value is -0.690. The van der Waals surface area contributed by atoms with Crippen LogP contribution in [0.1, 0.15) is 31.4 Å². The van der Waals surface area contributed by atoms with E-state index in [-0.39, 0.29) is 4.87 Å².